The summed E-state index contributed by atoms with van der Waals surface area (Å²) in [5.74, 6) is 0.0168. The topological polar surface area (TPSA) is 47.6 Å². The van der Waals surface area contributed by atoms with Crippen LogP contribution in [-0.2, 0) is 0 Å². The molecule has 0 radical (unpaired) electrons. The molecule has 8 rings (SSSR count). The standard InChI is InChI=1S/C48H34N2/c1-31-25-35(29-49)45(40-22-12-10-20-38(40)33-15-5-3-6-16-33)27-43(31)48-42-24-14-9-19-37(42)32(2)44-26-36(30-50)46(28-47(44)48)41-23-13-11-21-39(41)34-17-7-4-8-18-34/h3-28,32,48H,1-2H3. The number of hydrogen-bond acceptors (Lipinski definition) is 2. The lowest BCUT2D eigenvalue weighted by atomic mass is 9.68. The summed E-state index contributed by atoms with van der Waals surface area (Å²) in [6.07, 6.45) is 0. The van der Waals surface area contributed by atoms with Crippen molar-refractivity contribution in [3.63, 3.8) is 0 Å². The van der Waals surface area contributed by atoms with E-state index in [1.165, 1.54) is 22.3 Å². The van der Waals surface area contributed by atoms with E-state index in [1.54, 1.807) is 0 Å². The average Bonchev–Trinajstić information content (AvgIpc) is 3.18. The molecule has 0 aromatic heterocycles. The van der Waals surface area contributed by atoms with E-state index >= 15 is 0 Å². The van der Waals surface area contributed by atoms with E-state index in [0.29, 0.717) is 11.1 Å². The Kier molecular flexibility index (Phi) is 7.92. The molecule has 0 N–H and O–H groups in total. The van der Waals surface area contributed by atoms with Crippen LogP contribution in [0.4, 0.5) is 0 Å². The summed E-state index contributed by atoms with van der Waals surface area (Å²) < 4.78 is 0. The van der Waals surface area contributed by atoms with Crippen molar-refractivity contribution in [2.75, 3.05) is 0 Å². The number of nitrogens with zero attached hydrogens (tertiary/aromatic N) is 2. The Morgan fingerprint density at radius 3 is 1.38 bits per heavy atom. The lowest BCUT2D eigenvalue weighted by Crippen LogP contribution is -2.19. The van der Waals surface area contributed by atoms with E-state index in [-0.39, 0.29) is 11.8 Å². The molecule has 2 heteroatoms. The van der Waals surface area contributed by atoms with E-state index in [0.717, 1.165) is 55.6 Å². The molecule has 0 fully saturated rings. The second-order valence-electron chi connectivity index (χ2n) is 13.1. The first-order valence-electron chi connectivity index (χ1n) is 17.1. The smallest absolute Gasteiger partial charge is 0.0998 e. The van der Waals surface area contributed by atoms with Gasteiger partial charge in [-0.25, -0.2) is 0 Å². The van der Waals surface area contributed by atoms with E-state index in [4.69, 9.17) is 0 Å². The molecule has 236 valence electrons. The van der Waals surface area contributed by atoms with Crippen molar-refractivity contribution in [3.05, 3.63) is 202 Å². The molecule has 7 aromatic rings. The van der Waals surface area contributed by atoms with Gasteiger partial charge in [0.05, 0.1) is 23.3 Å². The molecule has 0 saturated carbocycles. The molecule has 0 bridgehead atoms. The molecule has 2 unspecified atom stereocenters. The fourth-order valence-corrected chi connectivity index (χ4v) is 7.94. The van der Waals surface area contributed by atoms with Gasteiger partial charge in [-0.1, -0.05) is 140 Å². The van der Waals surface area contributed by atoms with Crippen LogP contribution in [0.3, 0.4) is 0 Å². The Labute approximate surface area is 294 Å². The second kappa shape index (κ2) is 12.9. The van der Waals surface area contributed by atoms with Gasteiger partial charge in [-0.2, -0.15) is 10.5 Å². The third-order valence-corrected chi connectivity index (χ3v) is 10.3. The number of benzene rings is 7. The fraction of sp³-hybridized carbons (Fsp3) is 0.0833. The fourth-order valence-electron chi connectivity index (χ4n) is 7.94. The third-order valence-electron chi connectivity index (χ3n) is 10.3. The SMILES string of the molecule is Cc1cc(C#N)c(-c2ccccc2-c2ccccc2)cc1C1c2ccccc2C(C)c2cc(C#N)c(-c3ccccc3-c3ccccc3)cc21. The first-order valence-corrected chi connectivity index (χ1v) is 17.1. The minimum Gasteiger partial charge on any atom is -0.192 e. The molecule has 0 amide bonds. The van der Waals surface area contributed by atoms with Crippen molar-refractivity contribution in [2.24, 2.45) is 0 Å². The summed E-state index contributed by atoms with van der Waals surface area (Å²) in [4.78, 5) is 0. The van der Waals surface area contributed by atoms with Crippen LogP contribution in [0, 0.1) is 29.6 Å². The normalized spacial score (nSPS) is 14.6. The zero-order chi connectivity index (χ0) is 34.2. The summed E-state index contributed by atoms with van der Waals surface area (Å²) in [5, 5.41) is 21.1. The lowest BCUT2D eigenvalue weighted by molar-refractivity contribution is 0.791. The monoisotopic (exact) mass is 638 g/mol. The van der Waals surface area contributed by atoms with Crippen LogP contribution in [0.1, 0.15) is 63.3 Å². The van der Waals surface area contributed by atoms with Gasteiger partial charge in [-0.05, 0) is 98.0 Å². The van der Waals surface area contributed by atoms with E-state index in [2.05, 4.69) is 172 Å². The Hall–Kier alpha value is -6.48. The van der Waals surface area contributed by atoms with E-state index < -0.39 is 0 Å². The molecule has 2 nitrogen and oxygen atoms in total. The maximum Gasteiger partial charge on any atom is 0.0998 e. The van der Waals surface area contributed by atoms with E-state index in [1.807, 2.05) is 12.1 Å². The molecule has 0 aliphatic heterocycles. The molecule has 1 aliphatic rings. The highest BCUT2D eigenvalue weighted by Crippen LogP contribution is 2.50. The number of hydrogen-bond donors (Lipinski definition) is 0. The Balaban J connectivity index is 1.40. The van der Waals surface area contributed by atoms with Gasteiger partial charge < -0.3 is 0 Å². The number of fused-ring (bicyclic) bond motifs is 2. The van der Waals surface area contributed by atoms with Crippen molar-refractivity contribution in [1.82, 2.24) is 0 Å². The van der Waals surface area contributed by atoms with E-state index in [9.17, 15) is 10.5 Å². The van der Waals surface area contributed by atoms with Crippen LogP contribution in [0.2, 0.25) is 0 Å². The molecule has 50 heavy (non-hydrogen) atoms. The van der Waals surface area contributed by atoms with Crippen molar-refractivity contribution in [3.8, 4) is 56.6 Å². The number of rotatable bonds is 5. The highest BCUT2D eigenvalue weighted by molar-refractivity contribution is 5.88. The zero-order valence-electron chi connectivity index (χ0n) is 28.1. The maximum absolute atomic E-state index is 10.6. The van der Waals surface area contributed by atoms with Gasteiger partial charge >= 0.3 is 0 Å². The van der Waals surface area contributed by atoms with Crippen molar-refractivity contribution in [1.29, 1.82) is 10.5 Å². The Morgan fingerprint density at radius 1 is 0.400 bits per heavy atom. The predicted molar refractivity (Wildman–Crippen MR) is 204 cm³/mol. The van der Waals surface area contributed by atoms with Crippen LogP contribution < -0.4 is 0 Å². The largest absolute Gasteiger partial charge is 0.192 e. The molecular formula is C48H34N2. The van der Waals surface area contributed by atoms with Gasteiger partial charge in [0.25, 0.3) is 0 Å². The van der Waals surface area contributed by atoms with Gasteiger partial charge in [0.1, 0.15) is 0 Å². The quantitative estimate of drug-likeness (QED) is 0.188. The Morgan fingerprint density at radius 2 is 0.840 bits per heavy atom. The van der Waals surface area contributed by atoms with Crippen LogP contribution in [-0.4, -0.2) is 0 Å². The molecule has 2 atom stereocenters. The first-order chi connectivity index (χ1) is 24.6. The van der Waals surface area contributed by atoms with Crippen molar-refractivity contribution < 1.29 is 0 Å². The van der Waals surface area contributed by atoms with Crippen molar-refractivity contribution >= 4 is 0 Å². The van der Waals surface area contributed by atoms with Gasteiger partial charge in [0.2, 0.25) is 0 Å². The van der Waals surface area contributed by atoms with Crippen LogP contribution >= 0.6 is 0 Å². The average molecular weight is 639 g/mol. The summed E-state index contributed by atoms with van der Waals surface area (Å²) in [5.41, 5.74) is 16.8. The van der Waals surface area contributed by atoms with Gasteiger partial charge in [0, 0.05) is 23.0 Å². The molecule has 0 saturated heterocycles. The minimum absolute atomic E-state index is 0.0943. The zero-order valence-corrected chi connectivity index (χ0v) is 28.1. The lowest BCUT2D eigenvalue weighted by Gasteiger charge is -2.35. The third kappa shape index (κ3) is 5.20. The van der Waals surface area contributed by atoms with Gasteiger partial charge in [0.15, 0.2) is 0 Å². The summed E-state index contributed by atoms with van der Waals surface area (Å²) in [7, 11) is 0. The Bertz CT molecular complexity index is 2480. The highest BCUT2D eigenvalue weighted by atomic mass is 14.4. The number of nitriles is 2. The highest BCUT2D eigenvalue weighted by Gasteiger charge is 2.34. The van der Waals surface area contributed by atoms with Crippen LogP contribution in [0.15, 0.2) is 158 Å². The second-order valence-corrected chi connectivity index (χ2v) is 13.1. The minimum atomic E-state index is -0.0943. The predicted octanol–water partition coefficient (Wildman–Crippen LogP) is 12.1. The van der Waals surface area contributed by atoms with Crippen LogP contribution in [0.25, 0.3) is 44.5 Å². The first kappa shape index (κ1) is 30.8. The number of aryl methyl sites for hydroxylation is 1. The maximum atomic E-state index is 10.6. The van der Waals surface area contributed by atoms with Gasteiger partial charge in [-0.3, -0.25) is 0 Å². The van der Waals surface area contributed by atoms with Crippen molar-refractivity contribution in [2.45, 2.75) is 25.7 Å². The summed E-state index contributed by atoms with van der Waals surface area (Å²) in [6.45, 7) is 4.37. The van der Waals surface area contributed by atoms with Gasteiger partial charge in [-0.15, -0.1) is 0 Å². The summed E-state index contributed by atoms with van der Waals surface area (Å²) in [6, 6.07) is 60.1. The molecule has 1 aliphatic carbocycles. The molecule has 7 aromatic carbocycles. The van der Waals surface area contributed by atoms with Crippen LogP contribution in [0.5, 0.6) is 0 Å². The summed E-state index contributed by atoms with van der Waals surface area (Å²) >= 11 is 0. The molecule has 0 spiro atoms. The molecule has 0 heterocycles. The molecular weight excluding hydrogens is 605 g/mol.